The Kier molecular flexibility index (Phi) is 7.24. The third kappa shape index (κ3) is 5.45. The lowest BCUT2D eigenvalue weighted by Gasteiger charge is -2.22. The molecule has 38 heavy (non-hydrogen) atoms. The first-order chi connectivity index (χ1) is 18.2. The van der Waals surface area contributed by atoms with Gasteiger partial charge in [-0.3, -0.25) is 4.79 Å². The topological polar surface area (TPSA) is 61.4 Å². The highest BCUT2D eigenvalue weighted by molar-refractivity contribution is 5.82. The summed E-state index contributed by atoms with van der Waals surface area (Å²) in [7, 11) is 0. The SMILES string of the molecule is Cc1cc(C=Nn2c(C3CCCCC3)nc3ccccc3c2=O)c(C)n1-c1ccc(OCC(C)(C)C)cc1. The molecule has 5 rings (SSSR count). The molecule has 1 saturated carbocycles. The molecule has 0 radical (unpaired) electrons. The van der Waals surface area contributed by atoms with Crippen LogP contribution in [0, 0.1) is 19.3 Å². The molecule has 0 bridgehead atoms. The third-order valence-corrected chi connectivity index (χ3v) is 7.30. The van der Waals surface area contributed by atoms with E-state index in [1.807, 2.05) is 42.6 Å². The van der Waals surface area contributed by atoms with Gasteiger partial charge in [0.25, 0.3) is 5.56 Å². The Labute approximate surface area is 225 Å². The fourth-order valence-corrected chi connectivity index (χ4v) is 5.30. The third-order valence-electron chi connectivity index (χ3n) is 7.30. The molecule has 1 aliphatic rings. The van der Waals surface area contributed by atoms with Gasteiger partial charge >= 0.3 is 0 Å². The Morgan fingerprint density at radius 2 is 1.74 bits per heavy atom. The largest absolute Gasteiger partial charge is 0.493 e. The minimum absolute atomic E-state index is 0.105. The number of nitrogens with zero attached hydrogens (tertiary/aromatic N) is 4. The second-order valence-electron chi connectivity index (χ2n) is 11.7. The van der Waals surface area contributed by atoms with Crippen LogP contribution in [-0.2, 0) is 0 Å². The first-order valence-corrected chi connectivity index (χ1v) is 13.7. The fraction of sp³-hybridized carbons (Fsp3) is 0.406. The van der Waals surface area contributed by atoms with Crippen molar-refractivity contribution in [3.05, 3.63) is 87.7 Å². The van der Waals surface area contributed by atoms with Crippen LogP contribution in [0.4, 0.5) is 0 Å². The van der Waals surface area contributed by atoms with Crippen LogP contribution >= 0.6 is 0 Å². The summed E-state index contributed by atoms with van der Waals surface area (Å²) in [6, 6.07) is 17.9. The lowest BCUT2D eigenvalue weighted by atomic mass is 9.88. The average molecular weight is 511 g/mol. The monoisotopic (exact) mass is 510 g/mol. The van der Waals surface area contributed by atoms with E-state index in [0.717, 1.165) is 65.4 Å². The number of hydrogen-bond acceptors (Lipinski definition) is 4. The predicted octanol–water partition coefficient (Wildman–Crippen LogP) is 7.16. The zero-order chi connectivity index (χ0) is 26.9. The first kappa shape index (κ1) is 26.0. The Balaban J connectivity index is 1.48. The molecule has 0 amide bonds. The second-order valence-corrected chi connectivity index (χ2v) is 11.7. The molecule has 0 aliphatic heterocycles. The number of fused-ring (bicyclic) bond motifs is 1. The molecule has 1 aliphatic carbocycles. The summed E-state index contributed by atoms with van der Waals surface area (Å²) in [6.07, 6.45) is 7.47. The van der Waals surface area contributed by atoms with Gasteiger partial charge in [0.1, 0.15) is 11.6 Å². The molecule has 2 heterocycles. The molecule has 4 aromatic rings. The van der Waals surface area contributed by atoms with E-state index in [-0.39, 0.29) is 16.9 Å². The highest BCUT2D eigenvalue weighted by Gasteiger charge is 2.22. The lowest BCUT2D eigenvalue weighted by molar-refractivity contribution is 0.198. The van der Waals surface area contributed by atoms with Crippen molar-refractivity contribution >= 4 is 17.1 Å². The van der Waals surface area contributed by atoms with E-state index in [2.05, 4.69) is 57.4 Å². The Morgan fingerprint density at radius 3 is 2.45 bits per heavy atom. The molecule has 0 N–H and O–H groups in total. The van der Waals surface area contributed by atoms with Gasteiger partial charge in [0.15, 0.2) is 0 Å². The molecule has 0 unspecified atom stereocenters. The summed E-state index contributed by atoms with van der Waals surface area (Å²) in [5, 5.41) is 5.36. The van der Waals surface area contributed by atoms with Gasteiger partial charge in [0.2, 0.25) is 0 Å². The van der Waals surface area contributed by atoms with Gasteiger partial charge in [-0.2, -0.15) is 9.78 Å². The van der Waals surface area contributed by atoms with Crippen molar-refractivity contribution in [2.24, 2.45) is 10.5 Å². The quantitative estimate of drug-likeness (QED) is 0.259. The lowest BCUT2D eigenvalue weighted by Crippen LogP contribution is -2.25. The molecule has 2 aromatic carbocycles. The predicted molar refractivity (Wildman–Crippen MR) is 155 cm³/mol. The van der Waals surface area contributed by atoms with Crippen LogP contribution in [0.2, 0.25) is 0 Å². The Hall–Kier alpha value is -3.67. The van der Waals surface area contributed by atoms with Crippen LogP contribution in [0.25, 0.3) is 16.6 Å². The van der Waals surface area contributed by atoms with Gasteiger partial charge < -0.3 is 9.30 Å². The number of para-hydroxylation sites is 1. The van der Waals surface area contributed by atoms with Crippen molar-refractivity contribution in [3.63, 3.8) is 0 Å². The zero-order valence-electron chi connectivity index (χ0n) is 23.2. The van der Waals surface area contributed by atoms with Crippen molar-refractivity contribution in [1.29, 1.82) is 0 Å². The second kappa shape index (κ2) is 10.6. The van der Waals surface area contributed by atoms with Gasteiger partial charge in [-0.05, 0) is 74.6 Å². The number of aromatic nitrogens is 3. The summed E-state index contributed by atoms with van der Waals surface area (Å²) in [4.78, 5) is 18.5. The standard InChI is InChI=1S/C32H38N4O2/c1-22-19-25(23(2)35(22)26-15-17-27(18-16-26)38-21-32(3,4)5)20-33-36-30(24-11-7-6-8-12-24)34-29-14-10-9-13-28(29)31(36)37/h9-10,13-20,24H,6-8,11-12,21H2,1-5H3. The van der Waals surface area contributed by atoms with Gasteiger partial charge in [-0.1, -0.05) is 52.2 Å². The molecular formula is C32H38N4O2. The Bertz CT molecular complexity index is 1510. The van der Waals surface area contributed by atoms with Gasteiger partial charge in [0.05, 0.1) is 23.7 Å². The number of ether oxygens (including phenoxy) is 1. The van der Waals surface area contributed by atoms with E-state index in [0.29, 0.717) is 12.0 Å². The molecule has 6 nitrogen and oxygen atoms in total. The van der Waals surface area contributed by atoms with Crippen molar-refractivity contribution in [2.75, 3.05) is 6.61 Å². The average Bonchev–Trinajstić information content (AvgIpc) is 3.19. The molecule has 2 aromatic heterocycles. The smallest absolute Gasteiger partial charge is 0.282 e. The highest BCUT2D eigenvalue weighted by Crippen LogP contribution is 2.32. The summed E-state index contributed by atoms with van der Waals surface area (Å²) in [6.45, 7) is 11.3. The van der Waals surface area contributed by atoms with Crippen LogP contribution in [0.1, 0.15) is 81.6 Å². The number of aryl methyl sites for hydroxylation is 1. The molecule has 0 atom stereocenters. The number of hydrogen-bond donors (Lipinski definition) is 0. The van der Waals surface area contributed by atoms with Crippen molar-refractivity contribution in [3.8, 4) is 11.4 Å². The van der Waals surface area contributed by atoms with Crippen LogP contribution in [-0.4, -0.2) is 27.0 Å². The number of benzene rings is 2. The van der Waals surface area contributed by atoms with E-state index in [1.165, 1.54) is 6.42 Å². The maximum Gasteiger partial charge on any atom is 0.282 e. The molecule has 1 fully saturated rings. The summed E-state index contributed by atoms with van der Waals surface area (Å²) in [5.74, 6) is 1.90. The Morgan fingerprint density at radius 1 is 1.03 bits per heavy atom. The summed E-state index contributed by atoms with van der Waals surface area (Å²) in [5.41, 5.74) is 4.96. The van der Waals surface area contributed by atoms with Crippen LogP contribution in [0.3, 0.4) is 0 Å². The molecule has 6 heteroatoms. The molecule has 0 spiro atoms. The van der Waals surface area contributed by atoms with Gasteiger partial charge in [0, 0.05) is 28.6 Å². The molecule has 198 valence electrons. The van der Waals surface area contributed by atoms with Crippen LogP contribution in [0.15, 0.2) is 64.5 Å². The highest BCUT2D eigenvalue weighted by atomic mass is 16.5. The maximum atomic E-state index is 13.5. The van der Waals surface area contributed by atoms with E-state index in [4.69, 9.17) is 14.8 Å². The van der Waals surface area contributed by atoms with E-state index < -0.39 is 0 Å². The molecule has 0 saturated heterocycles. The summed E-state index contributed by atoms with van der Waals surface area (Å²) < 4.78 is 9.70. The maximum absolute atomic E-state index is 13.5. The minimum atomic E-state index is -0.105. The number of rotatable bonds is 6. The van der Waals surface area contributed by atoms with Crippen molar-refractivity contribution in [1.82, 2.24) is 14.2 Å². The normalized spacial score (nSPS) is 15.0. The van der Waals surface area contributed by atoms with Crippen molar-refractivity contribution in [2.45, 2.75) is 72.6 Å². The van der Waals surface area contributed by atoms with Crippen LogP contribution in [0.5, 0.6) is 5.75 Å². The minimum Gasteiger partial charge on any atom is -0.493 e. The zero-order valence-corrected chi connectivity index (χ0v) is 23.2. The molecular weight excluding hydrogens is 472 g/mol. The first-order valence-electron chi connectivity index (χ1n) is 13.7. The van der Waals surface area contributed by atoms with Gasteiger partial charge in [-0.25, -0.2) is 4.98 Å². The van der Waals surface area contributed by atoms with Crippen LogP contribution < -0.4 is 10.3 Å². The van der Waals surface area contributed by atoms with E-state index >= 15 is 0 Å². The van der Waals surface area contributed by atoms with E-state index in [1.54, 1.807) is 4.68 Å². The van der Waals surface area contributed by atoms with Gasteiger partial charge in [-0.15, -0.1) is 0 Å². The summed E-state index contributed by atoms with van der Waals surface area (Å²) >= 11 is 0. The van der Waals surface area contributed by atoms with Crippen molar-refractivity contribution < 1.29 is 4.74 Å². The van der Waals surface area contributed by atoms with E-state index in [9.17, 15) is 4.79 Å². The fourth-order valence-electron chi connectivity index (χ4n) is 5.30.